The number of halogens is 2. The van der Waals surface area contributed by atoms with Crippen molar-refractivity contribution >= 4 is 46.2 Å². The lowest BCUT2D eigenvalue weighted by Gasteiger charge is -2.36. The summed E-state index contributed by atoms with van der Waals surface area (Å²) in [6, 6.07) is 5.82. The second-order valence-electron chi connectivity index (χ2n) is 6.21. The number of hydrogen-bond acceptors (Lipinski definition) is 3. The maximum absolute atomic E-state index is 6.10. The largest absolute Gasteiger partial charge is 0.346 e. The van der Waals surface area contributed by atoms with Gasteiger partial charge in [-0.2, -0.15) is 5.10 Å². The fourth-order valence-corrected chi connectivity index (χ4v) is 3.43. The molecule has 25 heavy (non-hydrogen) atoms. The highest BCUT2D eigenvalue weighted by molar-refractivity contribution is 7.80. The molecule has 0 atom stereocenters. The van der Waals surface area contributed by atoms with Crippen LogP contribution in [0.25, 0.3) is 0 Å². The van der Waals surface area contributed by atoms with Crippen LogP contribution in [0.4, 0.5) is 5.69 Å². The van der Waals surface area contributed by atoms with Gasteiger partial charge in [-0.1, -0.05) is 29.3 Å². The van der Waals surface area contributed by atoms with E-state index in [9.17, 15) is 0 Å². The highest BCUT2D eigenvalue weighted by Gasteiger charge is 2.20. The smallest absolute Gasteiger partial charge is 0.173 e. The summed E-state index contributed by atoms with van der Waals surface area (Å²) >= 11 is 17.6. The molecule has 1 N–H and O–H groups in total. The Labute approximate surface area is 163 Å². The zero-order valence-electron chi connectivity index (χ0n) is 14.3. The molecule has 1 aliphatic heterocycles. The maximum atomic E-state index is 6.10. The number of benzene rings is 1. The van der Waals surface area contributed by atoms with Gasteiger partial charge in [-0.3, -0.25) is 9.58 Å². The van der Waals surface area contributed by atoms with Crippen LogP contribution in [-0.2, 0) is 13.6 Å². The minimum Gasteiger partial charge on any atom is -0.346 e. The van der Waals surface area contributed by atoms with Gasteiger partial charge in [0.25, 0.3) is 0 Å². The topological polar surface area (TPSA) is 36.3 Å². The van der Waals surface area contributed by atoms with E-state index in [1.165, 1.54) is 5.56 Å². The average Bonchev–Trinajstić information content (AvgIpc) is 2.91. The molecule has 1 saturated heterocycles. The first-order valence-electron chi connectivity index (χ1n) is 8.15. The summed E-state index contributed by atoms with van der Waals surface area (Å²) in [7, 11) is 1.92. The molecule has 0 spiro atoms. The van der Waals surface area contributed by atoms with Crippen LogP contribution in [0.1, 0.15) is 11.3 Å². The highest BCUT2D eigenvalue weighted by atomic mass is 35.5. The van der Waals surface area contributed by atoms with Crippen LogP contribution in [-0.4, -0.2) is 50.9 Å². The van der Waals surface area contributed by atoms with Crippen molar-refractivity contribution in [1.82, 2.24) is 19.6 Å². The normalized spacial score (nSPS) is 15.4. The Bertz CT molecular complexity index is 768. The number of anilines is 1. The summed E-state index contributed by atoms with van der Waals surface area (Å²) in [4.78, 5) is 4.60. The minimum atomic E-state index is 0.595. The predicted molar refractivity (Wildman–Crippen MR) is 107 cm³/mol. The number of aromatic nitrogens is 2. The van der Waals surface area contributed by atoms with E-state index in [0.717, 1.165) is 49.2 Å². The average molecular weight is 398 g/mol. The zero-order valence-corrected chi connectivity index (χ0v) is 16.6. The van der Waals surface area contributed by atoms with E-state index >= 15 is 0 Å². The molecule has 134 valence electrons. The van der Waals surface area contributed by atoms with Crippen LogP contribution >= 0.6 is 35.4 Å². The number of rotatable bonds is 3. The van der Waals surface area contributed by atoms with Crippen LogP contribution in [0.5, 0.6) is 0 Å². The van der Waals surface area contributed by atoms with Crippen LogP contribution in [0.2, 0.25) is 10.0 Å². The lowest BCUT2D eigenvalue weighted by atomic mass is 10.2. The maximum Gasteiger partial charge on any atom is 0.173 e. The van der Waals surface area contributed by atoms with Gasteiger partial charge in [0.15, 0.2) is 5.11 Å². The van der Waals surface area contributed by atoms with E-state index in [1.54, 1.807) is 0 Å². The quantitative estimate of drug-likeness (QED) is 0.801. The van der Waals surface area contributed by atoms with Gasteiger partial charge < -0.3 is 10.2 Å². The van der Waals surface area contributed by atoms with Crippen molar-refractivity contribution in [3.63, 3.8) is 0 Å². The van der Waals surface area contributed by atoms with Crippen molar-refractivity contribution in [3.05, 3.63) is 45.7 Å². The molecule has 0 amide bonds. The summed E-state index contributed by atoms with van der Waals surface area (Å²) in [6.45, 7) is 6.58. The second-order valence-corrected chi connectivity index (χ2v) is 7.41. The van der Waals surface area contributed by atoms with E-state index in [0.29, 0.717) is 10.0 Å². The number of thiocarbonyl (C=S) groups is 1. The van der Waals surface area contributed by atoms with Gasteiger partial charge in [0.05, 0.1) is 27.6 Å². The van der Waals surface area contributed by atoms with Crippen LogP contribution in [0.15, 0.2) is 24.4 Å². The predicted octanol–water partition coefficient (Wildman–Crippen LogP) is 3.55. The molecule has 0 radical (unpaired) electrons. The number of aryl methyl sites for hydroxylation is 1. The number of hydrogen-bond donors (Lipinski definition) is 1. The van der Waals surface area contributed by atoms with Gasteiger partial charge in [-0.15, -0.1) is 0 Å². The fourth-order valence-electron chi connectivity index (χ4n) is 2.82. The lowest BCUT2D eigenvalue weighted by molar-refractivity contribution is 0.177. The van der Waals surface area contributed by atoms with Gasteiger partial charge in [0.2, 0.25) is 0 Å². The van der Waals surface area contributed by atoms with Crippen molar-refractivity contribution in [2.75, 3.05) is 31.5 Å². The van der Waals surface area contributed by atoms with Crippen molar-refractivity contribution in [1.29, 1.82) is 0 Å². The van der Waals surface area contributed by atoms with E-state index < -0.39 is 0 Å². The molecule has 5 nitrogen and oxygen atoms in total. The van der Waals surface area contributed by atoms with Crippen molar-refractivity contribution in [2.24, 2.45) is 7.05 Å². The lowest BCUT2D eigenvalue weighted by Crippen LogP contribution is -2.49. The molecule has 0 saturated carbocycles. The Hall–Kier alpha value is -1.34. The second kappa shape index (κ2) is 7.91. The molecular weight excluding hydrogens is 377 g/mol. The molecule has 2 aromatic rings. The van der Waals surface area contributed by atoms with Gasteiger partial charge >= 0.3 is 0 Å². The third kappa shape index (κ3) is 4.44. The molecule has 1 aromatic heterocycles. The Morgan fingerprint density at radius 3 is 2.52 bits per heavy atom. The van der Waals surface area contributed by atoms with Gasteiger partial charge in [-0.05, 0) is 36.8 Å². The summed E-state index contributed by atoms with van der Waals surface area (Å²) in [5.74, 6) is 0. The molecule has 0 unspecified atom stereocenters. The molecular formula is C17H21Cl2N5S. The summed E-state index contributed by atoms with van der Waals surface area (Å²) in [6.07, 6.45) is 1.81. The zero-order chi connectivity index (χ0) is 18.0. The van der Waals surface area contributed by atoms with E-state index in [2.05, 4.69) is 20.2 Å². The highest BCUT2D eigenvalue weighted by Crippen LogP contribution is 2.23. The number of nitrogens with one attached hydrogen (secondary N) is 1. The molecule has 0 aliphatic carbocycles. The molecule has 0 bridgehead atoms. The Morgan fingerprint density at radius 2 is 1.92 bits per heavy atom. The van der Waals surface area contributed by atoms with Crippen molar-refractivity contribution in [3.8, 4) is 0 Å². The number of nitrogens with zero attached hydrogens (tertiary/aromatic N) is 4. The molecule has 1 aliphatic rings. The van der Waals surface area contributed by atoms with Crippen LogP contribution in [0.3, 0.4) is 0 Å². The van der Waals surface area contributed by atoms with E-state index in [4.69, 9.17) is 35.4 Å². The minimum absolute atomic E-state index is 0.595. The molecule has 3 rings (SSSR count). The fraction of sp³-hybridized carbons (Fsp3) is 0.412. The van der Waals surface area contributed by atoms with Gasteiger partial charge in [-0.25, -0.2) is 0 Å². The molecule has 1 aromatic carbocycles. The monoisotopic (exact) mass is 397 g/mol. The first-order chi connectivity index (χ1) is 11.9. The third-order valence-corrected chi connectivity index (χ3v) is 5.63. The van der Waals surface area contributed by atoms with E-state index in [1.807, 2.05) is 43.0 Å². The first-order valence-corrected chi connectivity index (χ1v) is 9.31. The van der Waals surface area contributed by atoms with Crippen LogP contribution < -0.4 is 5.32 Å². The van der Waals surface area contributed by atoms with Crippen LogP contribution in [0, 0.1) is 6.92 Å². The standard InChI is InChI=1S/C17H21Cl2N5S/c1-12-16(10-20-22(12)2)21-17(25)24-7-5-23(6-8-24)11-13-3-4-14(18)15(19)9-13/h3-4,9-10H,5-8,11H2,1-2H3,(H,21,25). The van der Waals surface area contributed by atoms with Gasteiger partial charge in [0.1, 0.15) is 0 Å². The Kier molecular flexibility index (Phi) is 5.84. The molecule has 8 heteroatoms. The summed E-state index contributed by atoms with van der Waals surface area (Å²) in [5, 5.41) is 9.49. The Morgan fingerprint density at radius 1 is 1.20 bits per heavy atom. The Balaban J connectivity index is 1.52. The van der Waals surface area contributed by atoms with Gasteiger partial charge in [0, 0.05) is 39.8 Å². The van der Waals surface area contributed by atoms with Crippen molar-refractivity contribution in [2.45, 2.75) is 13.5 Å². The van der Waals surface area contributed by atoms with Crippen molar-refractivity contribution < 1.29 is 0 Å². The SMILES string of the molecule is Cc1c(NC(=S)N2CCN(Cc3ccc(Cl)c(Cl)c3)CC2)cnn1C. The summed E-state index contributed by atoms with van der Waals surface area (Å²) in [5.41, 5.74) is 3.21. The molecule has 2 heterocycles. The third-order valence-electron chi connectivity index (χ3n) is 4.53. The molecule has 1 fully saturated rings. The number of piperazine rings is 1. The van der Waals surface area contributed by atoms with E-state index in [-0.39, 0.29) is 0 Å². The first kappa shape index (κ1) is 18.5. The summed E-state index contributed by atoms with van der Waals surface area (Å²) < 4.78 is 1.83.